The zero-order chi connectivity index (χ0) is 49.0. The van der Waals surface area contributed by atoms with E-state index < -0.39 is 125 Å². The number of carbonyl (C=O) groups excluding carboxylic acids is 2. The molecule has 26 nitrogen and oxygen atoms in total. The molecule has 0 bridgehead atoms. The van der Waals surface area contributed by atoms with E-state index in [4.69, 9.17) is 10.5 Å². The number of hydrogen-bond donors (Lipinski definition) is 8. The number of Topliss-reactive ketones (excluding diaryl/α,β-unsaturated/α-hetero) is 1. The minimum absolute atomic E-state index is 0.0477. The second kappa shape index (κ2) is 20.3. The van der Waals surface area contributed by atoms with Crippen LogP contribution in [0.25, 0.3) is 21.5 Å². The van der Waals surface area contributed by atoms with Crippen LogP contribution in [0.5, 0.6) is 5.75 Å². The summed E-state index contributed by atoms with van der Waals surface area (Å²) >= 11 is 0.519. The molecule has 0 spiro atoms. The lowest BCUT2D eigenvalue weighted by Crippen LogP contribution is -2.32. The van der Waals surface area contributed by atoms with E-state index in [2.05, 4.69) is 59.8 Å². The monoisotopic (exact) mass is 1030 g/mol. The van der Waals surface area contributed by atoms with Gasteiger partial charge in [-0.25, -0.2) is 10.5 Å². The SMILES string of the molecule is CC(=O)C(N=Nc1cc(Nc2cc(F)nc(F)n2)ccc1S(=O)(=O)O)C(=O)Nc1ccc2c(O)c(N=Nc3ccc4c(SOOO)cccc4c3S(=O)(=O)O)c(SOOO)cc2c1S(=O)(=O)O. The molecule has 0 aliphatic rings. The van der Waals surface area contributed by atoms with Gasteiger partial charge in [0.15, 0.2) is 11.5 Å². The molecule has 0 fully saturated rings. The van der Waals surface area contributed by atoms with Crippen LogP contribution in [-0.2, 0) is 58.7 Å². The Balaban J connectivity index is 1.41. The zero-order valence-electron chi connectivity index (χ0n) is 32.6. The Bertz CT molecular complexity index is 3370. The van der Waals surface area contributed by atoms with Gasteiger partial charge >= 0.3 is 6.08 Å². The normalized spacial score (nSPS) is 12.9. The number of carbonyl (C=O) groups is 2. The smallest absolute Gasteiger partial charge is 0.313 e. The fourth-order valence-electron chi connectivity index (χ4n) is 5.98. The van der Waals surface area contributed by atoms with Crippen LogP contribution in [-0.4, -0.2) is 82.2 Å². The highest BCUT2D eigenvalue weighted by atomic mass is 32.2. The summed E-state index contributed by atoms with van der Waals surface area (Å²) in [5.74, 6) is -5.25. The maximum atomic E-state index is 13.6. The summed E-state index contributed by atoms with van der Waals surface area (Å²) in [6.45, 7) is 0.824. The average molecular weight is 1030 g/mol. The third-order valence-corrected chi connectivity index (χ3v) is 12.7. The minimum atomic E-state index is -5.47. The number of halogens is 2. The van der Waals surface area contributed by atoms with Crippen molar-refractivity contribution in [2.24, 2.45) is 20.5 Å². The van der Waals surface area contributed by atoms with E-state index in [0.717, 1.165) is 49.4 Å². The van der Waals surface area contributed by atoms with Gasteiger partial charge in [0, 0.05) is 32.8 Å². The number of aromatic nitrogens is 2. The molecule has 67 heavy (non-hydrogen) atoms. The molecule has 1 unspecified atom stereocenters. The van der Waals surface area contributed by atoms with Crippen molar-refractivity contribution in [3.63, 3.8) is 0 Å². The molecule has 1 amide bonds. The molecule has 5 aromatic carbocycles. The van der Waals surface area contributed by atoms with Crippen LogP contribution < -0.4 is 10.6 Å². The molecule has 1 aromatic heterocycles. The maximum Gasteiger partial charge on any atom is 0.313 e. The molecule has 6 aromatic rings. The van der Waals surface area contributed by atoms with Crippen molar-refractivity contribution in [1.29, 1.82) is 0 Å². The van der Waals surface area contributed by atoms with E-state index in [1.807, 2.05) is 0 Å². The number of rotatable bonds is 18. The third kappa shape index (κ3) is 11.6. The molecule has 0 saturated carbocycles. The largest absolute Gasteiger partial charge is 0.505 e. The van der Waals surface area contributed by atoms with E-state index in [0.29, 0.717) is 18.1 Å². The first-order chi connectivity index (χ1) is 31.5. The lowest BCUT2D eigenvalue weighted by atomic mass is 10.1. The van der Waals surface area contributed by atoms with Gasteiger partial charge in [0.1, 0.15) is 37.6 Å². The first-order valence-corrected chi connectivity index (χ1v) is 23.2. The summed E-state index contributed by atoms with van der Waals surface area (Å²) in [7, 11) is -15.7. The summed E-state index contributed by atoms with van der Waals surface area (Å²) in [5.41, 5.74) is -2.85. The molecular weight excluding hydrogens is 1010 g/mol. The number of hydrogen-bond acceptors (Lipinski definition) is 24. The zero-order valence-corrected chi connectivity index (χ0v) is 36.7. The fourth-order valence-corrected chi connectivity index (χ4v) is 9.25. The third-order valence-electron chi connectivity index (χ3n) is 8.57. The predicted molar refractivity (Wildman–Crippen MR) is 224 cm³/mol. The van der Waals surface area contributed by atoms with Gasteiger partial charge in [-0.1, -0.05) is 28.3 Å². The van der Waals surface area contributed by atoms with Crippen LogP contribution in [0.3, 0.4) is 0 Å². The Morgan fingerprint density at radius 2 is 1.39 bits per heavy atom. The number of aromatic hydroxyl groups is 1. The number of benzene rings is 5. The van der Waals surface area contributed by atoms with Crippen LogP contribution in [0.15, 0.2) is 118 Å². The van der Waals surface area contributed by atoms with Crippen LogP contribution in [0, 0.1) is 12.0 Å². The van der Waals surface area contributed by atoms with Gasteiger partial charge in [0.25, 0.3) is 36.3 Å². The van der Waals surface area contributed by atoms with Crippen molar-refractivity contribution in [3.05, 3.63) is 84.8 Å². The summed E-state index contributed by atoms with van der Waals surface area (Å²) < 4.78 is 142. The van der Waals surface area contributed by atoms with Crippen molar-refractivity contribution >= 4 is 122 Å². The van der Waals surface area contributed by atoms with Gasteiger partial charge in [-0.3, -0.25) is 23.2 Å². The molecule has 0 aliphatic heterocycles. The summed E-state index contributed by atoms with van der Waals surface area (Å²) in [5, 5.41) is 54.5. The molecule has 0 radical (unpaired) electrons. The Morgan fingerprint density at radius 3 is 2.01 bits per heavy atom. The molecular formula is C34H24F2N8O18S5. The molecule has 0 aliphatic carbocycles. The van der Waals surface area contributed by atoms with Crippen molar-refractivity contribution in [2.75, 3.05) is 10.6 Å². The first-order valence-electron chi connectivity index (χ1n) is 17.4. The lowest BCUT2D eigenvalue weighted by Gasteiger charge is -2.16. The molecule has 6 rings (SSSR count). The Hall–Kier alpha value is -6.31. The number of ketones is 1. The van der Waals surface area contributed by atoms with Crippen molar-refractivity contribution in [2.45, 2.75) is 37.4 Å². The van der Waals surface area contributed by atoms with Crippen LogP contribution >= 0.6 is 24.1 Å². The molecule has 8 N–H and O–H groups in total. The van der Waals surface area contributed by atoms with Crippen molar-refractivity contribution < 1.29 is 91.6 Å². The summed E-state index contributed by atoms with van der Waals surface area (Å²) in [6.07, 6.45) is -1.47. The highest BCUT2D eigenvalue weighted by molar-refractivity contribution is 7.95. The highest BCUT2D eigenvalue weighted by Gasteiger charge is 2.30. The van der Waals surface area contributed by atoms with E-state index in [1.165, 1.54) is 24.3 Å². The van der Waals surface area contributed by atoms with Gasteiger partial charge in [-0.2, -0.15) is 54.2 Å². The number of amides is 1. The quantitative estimate of drug-likeness (QED) is 0.00616. The molecule has 352 valence electrons. The van der Waals surface area contributed by atoms with Crippen LogP contribution in [0.4, 0.5) is 43.0 Å². The average Bonchev–Trinajstić information content (AvgIpc) is 3.22. The maximum absolute atomic E-state index is 13.6. The van der Waals surface area contributed by atoms with Crippen LogP contribution in [0.2, 0.25) is 0 Å². The molecule has 0 saturated heterocycles. The highest BCUT2D eigenvalue weighted by Crippen LogP contribution is 2.47. The topological polar surface area (TPSA) is 394 Å². The van der Waals surface area contributed by atoms with Gasteiger partial charge in [0.05, 0.1) is 34.7 Å². The van der Waals surface area contributed by atoms with E-state index in [1.54, 1.807) is 0 Å². The Morgan fingerprint density at radius 1 is 0.716 bits per heavy atom. The van der Waals surface area contributed by atoms with Crippen LogP contribution in [0.1, 0.15) is 6.92 Å². The summed E-state index contributed by atoms with van der Waals surface area (Å²) in [4.78, 5) is 29.3. The van der Waals surface area contributed by atoms with E-state index in [-0.39, 0.29) is 33.4 Å². The second-order valence-corrected chi connectivity index (χ2v) is 18.4. The number of azo groups is 2. The van der Waals surface area contributed by atoms with Gasteiger partial charge in [-0.15, -0.1) is 18.9 Å². The van der Waals surface area contributed by atoms with E-state index in [9.17, 15) is 62.4 Å². The van der Waals surface area contributed by atoms with Gasteiger partial charge in [-0.05, 0) is 60.8 Å². The number of nitrogens with one attached hydrogen (secondary N) is 2. The lowest BCUT2D eigenvalue weighted by molar-refractivity contribution is -0.432. The summed E-state index contributed by atoms with van der Waals surface area (Å²) in [6, 6.07) is 10.2. The first kappa shape index (κ1) is 50.1. The second-order valence-electron chi connectivity index (χ2n) is 12.8. The fraction of sp³-hybridized carbons (Fsp3) is 0.0588. The van der Waals surface area contributed by atoms with Gasteiger partial charge < -0.3 is 15.7 Å². The number of nitrogens with zero attached hydrogens (tertiary/aromatic N) is 6. The number of fused-ring (bicyclic) bond motifs is 2. The van der Waals surface area contributed by atoms with E-state index >= 15 is 0 Å². The molecule has 1 heterocycles. The molecule has 1 atom stereocenters. The Labute approximate surface area is 381 Å². The van der Waals surface area contributed by atoms with Crippen molar-refractivity contribution in [1.82, 2.24) is 9.97 Å². The Kier molecular flexibility index (Phi) is 15.2. The minimum Gasteiger partial charge on any atom is -0.505 e. The molecule has 33 heteroatoms. The van der Waals surface area contributed by atoms with Gasteiger partial charge in [0.2, 0.25) is 12.0 Å². The number of phenolic OH excluding ortho intramolecular Hbond substituents is 1. The number of phenols is 1. The standard InChI is InChI=1S/C34H24F2N8O18S5/c1-14(45)28(43-42-22-11-15(5-10-25(22)65(50,51)52)37-27-13-26(35)39-34(36)40-27)33(47)38-20-8-7-17-19(32(20)67(56,57)58)12-24(64-62-60-49)29(30(17)46)44-41-21-9-6-16-18(31(21)66(53,54)55)3-2-4-23(16)63-61-59-48/h2-13,28,46,48-49H,1H3,(H,38,47)(H,37,39,40)(H,50,51,52)(H,53,54,55)(H,56,57,58). The van der Waals surface area contributed by atoms with Crippen molar-refractivity contribution in [3.8, 4) is 5.75 Å². The number of anilines is 3. The predicted octanol–water partition coefficient (Wildman–Crippen LogP) is 7.20.